The van der Waals surface area contributed by atoms with Crippen LogP contribution >= 0.6 is 0 Å². The first-order chi connectivity index (χ1) is 9.08. The minimum Gasteiger partial charge on any atom is -0.478 e. The van der Waals surface area contributed by atoms with Crippen LogP contribution in [0.5, 0.6) is 0 Å². The summed E-state index contributed by atoms with van der Waals surface area (Å²) in [6.45, 7) is 1.66. The highest BCUT2D eigenvalue weighted by Gasteiger charge is 2.17. The summed E-state index contributed by atoms with van der Waals surface area (Å²) >= 11 is 0. The summed E-state index contributed by atoms with van der Waals surface area (Å²) < 4.78 is 4.74. The molecule has 0 atom stereocenters. The van der Waals surface area contributed by atoms with E-state index in [0.29, 0.717) is 11.7 Å². The highest BCUT2D eigenvalue weighted by molar-refractivity contribution is 6.03. The molecule has 0 aliphatic heterocycles. The largest absolute Gasteiger partial charge is 0.478 e. The number of rotatable bonds is 4. The molecule has 2 aromatic rings. The van der Waals surface area contributed by atoms with Gasteiger partial charge in [0.25, 0.3) is 5.91 Å². The molecule has 1 amide bonds. The standard InChI is InChI=1S/C11H10N4O4/c1-6-14-8(15-19-6)5-13-10(16)9-7(11(17)18)3-2-4-12-9/h2-4H,5H2,1H3,(H,13,16)(H,17,18). The van der Waals surface area contributed by atoms with Gasteiger partial charge in [-0.3, -0.25) is 9.78 Å². The lowest BCUT2D eigenvalue weighted by molar-refractivity contribution is 0.0690. The number of pyridine rings is 1. The highest BCUT2D eigenvalue weighted by atomic mass is 16.5. The number of carboxylic acids is 1. The molecule has 8 nitrogen and oxygen atoms in total. The van der Waals surface area contributed by atoms with Crippen molar-refractivity contribution in [2.75, 3.05) is 0 Å². The van der Waals surface area contributed by atoms with E-state index in [0.717, 1.165) is 0 Å². The van der Waals surface area contributed by atoms with Crippen LogP contribution in [0.15, 0.2) is 22.9 Å². The minimum atomic E-state index is -1.21. The lowest BCUT2D eigenvalue weighted by Crippen LogP contribution is -2.26. The normalized spacial score (nSPS) is 10.2. The van der Waals surface area contributed by atoms with E-state index in [1.54, 1.807) is 6.92 Å². The van der Waals surface area contributed by atoms with Gasteiger partial charge in [0.2, 0.25) is 5.89 Å². The molecule has 2 rings (SSSR count). The predicted octanol–water partition coefficient (Wildman–Crippen LogP) is 0.401. The quantitative estimate of drug-likeness (QED) is 0.818. The fraction of sp³-hybridized carbons (Fsp3) is 0.182. The Bertz CT molecular complexity index is 623. The monoisotopic (exact) mass is 262 g/mol. The molecule has 0 saturated carbocycles. The molecule has 2 N–H and O–H groups in total. The average molecular weight is 262 g/mol. The van der Waals surface area contributed by atoms with Gasteiger partial charge < -0.3 is 14.9 Å². The van der Waals surface area contributed by atoms with E-state index in [1.807, 2.05) is 0 Å². The van der Waals surface area contributed by atoms with E-state index >= 15 is 0 Å². The summed E-state index contributed by atoms with van der Waals surface area (Å²) in [7, 11) is 0. The number of nitrogens with one attached hydrogen (secondary N) is 1. The van der Waals surface area contributed by atoms with Crippen molar-refractivity contribution in [2.24, 2.45) is 0 Å². The van der Waals surface area contributed by atoms with Crippen LogP contribution in [-0.2, 0) is 6.54 Å². The van der Waals surface area contributed by atoms with Crippen LogP contribution in [0.25, 0.3) is 0 Å². The van der Waals surface area contributed by atoms with Crippen molar-refractivity contribution in [3.05, 3.63) is 41.3 Å². The number of hydrogen-bond donors (Lipinski definition) is 2. The summed E-state index contributed by atoms with van der Waals surface area (Å²) in [5.41, 5.74) is -0.320. The SMILES string of the molecule is Cc1nc(CNC(=O)c2ncccc2C(=O)O)no1. The Kier molecular flexibility index (Phi) is 3.51. The van der Waals surface area contributed by atoms with Gasteiger partial charge in [-0.1, -0.05) is 5.16 Å². The molecule has 0 radical (unpaired) electrons. The van der Waals surface area contributed by atoms with Crippen LogP contribution in [0.3, 0.4) is 0 Å². The maximum atomic E-state index is 11.8. The molecule has 0 aliphatic carbocycles. The first-order valence-electron chi connectivity index (χ1n) is 5.33. The Morgan fingerprint density at radius 3 is 2.89 bits per heavy atom. The van der Waals surface area contributed by atoms with E-state index < -0.39 is 11.9 Å². The van der Waals surface area contributed by atoms with E-state index in [2.05, 4.69) is 20.4 Å². The molecule has 0 fully saturated rings. The number of carbonyl (C=O) groups excluding carboxylic acids is 1. The number of amides is 1. The highest BCUT2D eigenvalue weighted by Crippen LogP contribution is 2.05. The fourth-order valence-electron chi connectivity index (χ4n) is 1.41. The van der Waals surface area contributed by atoms with E-state index in [-0.39, 0.29) is 17.8 Å². The van der Waals surface area contributed by atoms with Crippen molar-refractivity contribution in [3.63, 3.8) is 0 Å². The summed E-state index contributed by atoms with van der Waals surface area (Å²) in [4.78, 5) is 30.4. The second kappa shape index (κ2) is 5.25. The van der Waals surface area contributed by atoms with Gasteiger partial charge in [0, 0.05) is 13.1 Å². The number of carboxylic acid groups (broad SMARTS) is 1. The number of aromatic nitrogens is 3. The molecule has 19 heavy (non-hydrogen) atoms. The zero-order chi connectivity index (χ0) is 13.8. The maximum Gasteiger partial charge on any atom is 0.338 e. The molecule has 0 unspecified atom stereocenters. The number of aromatic carboxylic acids is 1. The first-order valence-corrected chi connectivity index (χ1v) is 5.33. The Hall–Kier alpha value is -2.77. The molecule has 2 heterocycles. The van der Waals surface area contributed by atoms with Crippen LogP contribution in [0.1, 0.15) is 32.6 Å². The van der Waals surface area contributed by atoms with Gasteiger partial charge in [0.15, 0.2) is 5.82 Å². The summed E-state index contributed by atoms with van der Waals surface area (Å²) in [6.07, 6.45) is 1.35. The summed E-state index contributed by atoms with van der Waals surface area (Å²) in [5.74, 6) is -1.14. The fourth-order valence-corrected chi connectivity index (χ4v) is 1.41. The number of carbonyl (C=O) groups is 2. The van der Waals surface area contributed by atoms with Crippen molar-refractivity contribution in [1.29, 1.82) is 0 Å². The van der Waals surface area contributed by atoms with Crippen LogP contribution in [0.4, 0.5) is 0 Å². The molecule has 2 aromatic heterocycles. The van der Waals surface area contributed by atoms with E-state index in [4.69, 9.17) is 9.63 Å². The zero-order valence-electron chi connectivity index (χ0n) is 9.95. The van der Waals surface area contributed by atoms with Gasteiger partial charge in [-0.25, -0.2) is 4.79 Å². The van der Waals surface area contributed by atoms with Crippen LogP contribution in [0.2, 0.25) is 0 Å². The molecule has 0 saturated heterocycles. The smallest absolute Gasteiger partial charge is 0.338 e. The van der Waals surface area contributed by atoms with Gasteiger partial charge in [0.05, 0.1) is 12.1 Å². The van der Waals surface area contributed by atoms with Gasteiger partial charge in [-0.2, -0.15) is 4.98 Å². The molecular formula is C11H10N4O4. The Balaban J connectivity index is 2.10. The number of nitrogens with zero attached hydrogens (tertiary/aromatic N) is 3. The van der Waals surface area contributed by atoms with Crippen LogP contribution < -0.4 is 5.32 Å². The average Bonchev–Trinajstić information content (AvgIpc) is 2.81. The Morgan fingerprint density at radius 1 is 1.47 bits per heavy atom. The van der Waals surface area contributed by atoms with Crippen molar-refractivity contribution in [3.8, 4) is 0 Å². The Morgan fingerprint density at radius 2 is 2.26 bits per heavy atom. The topological polar surface area (TPSA) is 118 Å². The van der Waals surface area contributed by atoms with E-state index in [9.17, 15) is 9.59 Å². The summed E-state index contributed by atoms with van der Waals surface area (Å²) in [6, 6.07) is 2.76. The second-order valence-electron chi connectivity index (χ2n) is 3.62. The zero-order valence-corrected chi connectivity index (χ0v) is 9.95. The van der Waals surface area contributed by atoms with Crippen molar-refractivity contribution < 1.29 is 19.2 Å². The molecule has 8 heteroatoms. The van der Waals surface area contributed by atoms with Crippen molar-refractivity contribution in [2.45, 2.75) is 13.5 Å². The van der Waals surface area contributed by atoms with Gasteiger partial charge in [-0.15, -0.1) is 0 Å². The van der Waals surface area contributed by atoms with Gasteiger partial charge in [0.1, 0.15) is 5.69 Å². The molecule has 0 aromatic carbocycles. The van der Waals surface area contributed by atoms with Gasteiger partial charge in [-0.05, 0) is 12.1 Å². The minimum absolute atomic E-state index is 0.0335. The Labute approximate surface area is 107 Å². The molecule has 0 bridgehead atoms. The number of aryl methyl sites for hydroxylation is 1. The lowest BCUT2D eigenvalue weighted by atomic mass is 10.2. The third kappa shape index (κ3) is 2.92. The number of hydrogen-bond acceptors (Lipinski definition) is 6. The van der Waals surface area contributed by atoms with Crippen LogP contribution in [0, 0.1) is 6.92 Å². The molecule has 0 spiro atoms. The first kappa shape index (κ1) is 12.7. The van der Waals surface area contributed by atoms with E-state index in [1.165, 1.54) is 18.3 Å². The molecule has 98 valence electrons. The molecule has 0 aliphatic rings. The van der Waals surface area contributed by atoms with Crippen molar-refractivity contribution in [1.82, 2.24) is 20.4 Å². The second-order valence-corrected chi connectivity index (χ2v) is 3.62. The maximum absolute atomic E-state index is 11.8. The van der Waals surface area contributed by atoms with Crippen LogP contribution in [-0.4, -0.2) is 32.1 Å². The van der Waals surface area contributed by atoms with Gasteiger partial charge >= 0.3 is 5.97 Å². The lowest BCUT2D eigenvalue weighted by Gasteiger charge is -2.04. The predicted molar refractivity (Wildman–Crippen MR) is 61.4 cm³/mol. The summed E-state index contributed by atoms with van der Waals surface area (Å²) in [5, 5.41) is 15.0. The molecular weight excluding hydrogens is 252 g/mol. The third-order valence-corrected chi connectivity index (χ3v) is 2.23. The van der Waals surface area contributed by atoms with Crippen molar-refractivity contribution >= 4 is 11.9 Å². The third-order valence-electron chi connectivity index (χ3n) is 2.23.